The van der Waals surface area contributed by atoms with Gasteiger partial charge in [0.1, 0.15) is 25.3 Å². The maximum absolute atomic E-state index is 13.0. The molecule has 10 nitrogen and oxygen atoms in total. The van der Waals surface area contributed by atoms with Crippen LogP contribution in [0, 0.1) is 5.92 Å². The minimum atomic E-state index is -1.38. The second-order valence-corrected chi connectivity index (χ2v) is 10.2. The topological polar surface area (TPSA) is 143 Å². The fraction of sp³-hybridized carbons (Fsp3) is 0.290. The highest BCUT2D eigenvalue weighted by atomic mass is 16.7. The fourth-order valence-electron chi connectivity index (χ4n) is 4.75. The van der Waals surface area contributed by atoms with Gasteiger partial charge in [-0.15, -0.1) is 0 Å². The molecule has 0 fully saturated rings. The zero-order valence-electron chi connectivity index (χ0n) is 23.0. The van der Waals surface area contributed by atoms with E-state index in [4.69, 9.17) is 9.84 Å². The highest BCUT2D eigenvalue weighted by Crippen LogP contribution is 2.44. The molecule has 0 spiro atoms. The highest BCUT2D eigenvalue weighted by molar-refractivity contribution is 5.98. The van der Waals surface area contributed by atoms with Gasteiger partial charge in [0.2, 0.25) is 11.8 Å². The Hall–Kier alpha value is -4.86. The molecular weight excluding hydrogens is 526 g/mol. The number of hydrogen-bond donors (Lipinski definition) is 4. The van der Waals surface area contributed by atoms with E-state index in [1.54, 1.807) is 38.1 Å². The number of benzene rings is 3. The summed E-state index contributed by atoms with van der Waals surface area (Å²) in [5.41, 5.74) is 5.49. The molecule has 0 saturated heterocycles. The Morgan fingerprint density at radius 3 is 1.93 bits per heavy atom. The number of carboxylic acid groups (broad SMARTS) is 1. The number of hydrogen-bond acceptors (Lipinski definition) is 6. The SMILES string of the molecule is CC(C)[C@H](NC(=O)OCC1c2ccccc2-c2ccccc21)C(=O)N[C@@H](C)C(=O)Nc1ccc(COC(=O)O)cc1. The first kappa shape index (κ1) is 29.1. The highest BCUT2D eigenvalue weighted by Gasteiger charge is 2.31. The number of amides is 3. The van der Waals surface area contributed by atoms with Crippen molar-refractivity contribution in [2.24, 2.45) is 5.92 Å². The molecule has 0 saturated carbocycles. The van der Waals surface area contributed by atoms with E-state index in [2.05, 4.69) is 32.8 Å². The summed E-state index contributed by atoms with van der Waals surface area (Å²) in [5.74, 6) is -1.36. The Balaban J connectivity index is 1.30. The van der Waals surface area contributed by atoms with Gasteiger partial charge in [0.05, 0.1) is 0 Å². The molecule has 10 heteroatoms. The van der Waals surface area contributed by atoms with Crippen molar-refractivity contribution in [1.29, 1.82) is 0 Å². The zero-order chi connectivity index (χ0) is 29.5. The summed E-state index contributed by atoms with van der Waals surface area (Å²) in [7, 11) is 0. The Morgan fingerprint density at radius 2 is 1.37 bits per heavy atom. The minimum Gasteiger partial charge on any atom is -0.450 e. The maximum Gasteiger partial charge on any atom is 0.506 e. The Labute approximate surface area is 238 Å². The second-order valence-electron chi connectivity index (χ2n) is 10.2. The molecule has 4 rings (SSSR count). The lowest BCUT2D eigenvalue weighted by Crippen LogP contribution is -2.53. The molecule has 0 heterocycles. The molecule has 0 bridgehead atoms. The summed E-state index contributed by atoms with van der Waals surface area (Å²) in [5, 5.41) is 16.6. The number of ether oxygens (including phenoxy) is 2. The maximum atomic E-state index is 13.0. The van der Waals surface area contributed by atoms with Crippen LogP contribution in [0.4, 0.5) is 15.3 Å². The van der Waals surface area contributed by atoms with Crippen LogP contribution in [0.3, 0.4) is 0 Å². The van der Waals surface area contributed by atoms with Crippen LogP contribution in [0.1, 0.15) is 43.4 Å². The average molecular weight is 560 g/mol. The number of carbonyl (C=O) groups excluding carboxylic acids is 3. The van der Waals surface area contributed by atoms with E-state index in [1.807, 2.05) is 36.4 Å². The van der Waals surface area contributed by atoms with Gasteiger partial charge in [-0.05, 0) is 52.8 Å². The predicted octanol–water partition coefficient (Wildman–Crippen LogP) is 4.89. The molecule has 3 aromatic carbocycles. The van der Waals surface area contributed by atoms with E-state index in [9.17, 15) is 19.2 Å². The molecule has 3 amide bonds. The van der Waals surface area contributed by atoms with Gasteiger partial charge in [-0.3, -0.25) is 9.59 Å². The van der Waals surface area contributed by atoms with Crippen LogP contribution < -0.4 is 16.0 Å². The smallest absolute Gasteiger partial charge is 0.450 e. The zero-order valence-corrected chi connectivity index (χ0v) is 23.0. The van der Waals surface area contributed by atoms with Crippen LogP contribution in [0.2, 0.25) is 0 Å². The summed E-state index contributed by atoms with van der Waals surface area (Å²) >= 11 is 0. The van der Waals surface area contributed by atoms with Crippen molar-refractivity contribution >= 4 is 29.8 Å². The summed E-state index contributed by atoms with van der Waals surface area (Å²) in [6.07, 6.45) is -2.09. The van der Waals surface area contributed by atoms with E-state index >= 15 is 0 Å². The fourth-order valence-corrected chi connectivity index (χ4v) is 4.75. The van der Waals surface area contributed by atoms with Crippen LogP contribution in [0.25, 0.3) is 11.1 Å². The van der Waals surface area contributed by atoms with Crippen molar-refractivity contribution in [1.82, 2.24) is 10.6 Å². The molecule has 0 unspecified atom stereocenters. The third-order valence-electron chi connectivity index (χ3n) is 6.90. The lowest BCUT2D eigenvalue weighted by Gasteiger charge is -2.24. The van der Waals surface area contributed by atoms with Crippen LogP contribution in [-0.4, -0.2) is 47.9 Å². The van der Waals surface area contributed by atoms with E-state index in [-0.39, 0.29) is 25.0 Å². The van der Waals surface area contributed by atoms with Crippen molar-refractivity contribution in [3.05, 3.63) is 89.5 Å². The van der Waals surface area contributed by atoms with Crippen LogP contribution in [0.5, 0.6) is 0 Å². The van der Waals surface area contributed by atoms with Crippen molar-refractivity contribution in [3.8, 4) is 11.1 Å². The summed E-state index contributed by atoms with van der Waals surface area (Å²) in [4.78, 5) is 49.0. The lowest BCUT2D eigenvalue weighted by atomic mass is 9.98. The van der Waals surface area contributed by atoms with Gasteiger partial charge in [0, 0.05) is 11.6 Å². The third kappa shape index (κ3) is 7.21. The summed E-state index contributed by atoms with van der Waals surface area (Å²) in [6, 6.07) is 20.7. The number of nitrogens with one attached hydrogen (secondary N) is 3. The van der Waals surface area contributed by atoms with Crippen molar-refractivity contribution in [2.75, 3.05) is 11.9 Å². The van der Waals surface area contributed by atoms with Gasteiger partial charge in [-0.1, -0.05) is 74.5 Å². The van der Waals surface area contributed by atoms with Gasteiger partial charge < -0.3 is 30.5 Å². The molecule has 0 radical (unpaired) electrons. The third-order valence-corrected chi connectivity index (χ3v) is 6.90. The van der Waals surface area contributed by atoms with E-state index in [1.165, 1.54) is 6.92 Å². The Bertz CT molecular complexity index is 1380. The van der Waals surface area contributed by atoms with Gasteiger partial charge >= 0.3 is 12.2 Å². The first-order valence-corrected chi connectivity index (χ1v) is 13.3. The van der Waals surface area contributed by atoms with Crippen molar-refractivity contribution < 1.29 is 33.8 Å². The molecule has 0 aromatic heterocycles. The van der Waals surface area contributed by atoms with Crippen LogP contribution in [-0.2, 0) is 25.7 Å². The quantitative estimate of drug-likeness (QED) is 0.259. The van der Waals surface area contributed by atoms with Gasteiger partial charge in [-0.25, -0.2) is 9.59 Å². The summed E-state index contributed by atoms with van der Waals surface area (Å²) in [6.45, 7) is 5.12. The van der Waals surface area contributed by atoms with Crippen molar-refractivity contribution in [2.45, 2.75) is 45.4 Å². The molecule has 0 aliphatic heterocycles. The Morgan fingerprint density at radius 1 is 0.780 bits per heavy atom. The molecule has 214 valence electrons. The molecule has 4 N–H and O–H groups in total. The van der Waals surface area contributed by atoms with Gasteiger partial charge in [-0.2, -0.15) is 0 Å². The predicted molar refractivity (Wildman–Crippen MR) is 152 cm³/mol. The standard InChI is InChI=1S/C31H33N3O7/c1-18(2)27(29(36)32-19(3)28(35)33-21-14-12-20(13-15-21)16-41-31(38)39)34-30(37)40-17-26-24-10-6-4-8-22(24)23-9-5-7-11-25(23)26/h4-15,18-19,26-27H,16-17H2,1-3H3,(H,32,36)(H,33,35)(H,34,37)(H,38,39)/t19-,27-/m0/s1. The van der Waals surface area contributed by atoms with Gasteiger partial charge in [0.25, 0.3) is 0 Å². The van der Waals surface area contributed by atoms with Crippen LogP contribution >= 0.6 is 0 Å². The number of fused-ring (bicyclic) bond motifs is 3. The average Bonchev–Trinajstić information content (AvgIpc) is 3.27. The molecule has 1 aliphatic carbocycles. The lowest BCUT2D eigenvalue weighted by molar-refractivity contribution is -0.128. The molecule has 1 aliphatic rings. The van der Waals surface area contributed by atoms with Crippen LogP contribution in [0.15, 0.2) is 72.8 Å². The molecular formula is C31H33N3O7. The Kier molecular flexibility index (Phi) is 9.23. The number of anilines is 1. The first-order chi connectivity index (χ1) is 19.6. The largest absolute Gasteiger partial charge is 0.506 e. The number of carbonyl (C=O) groups is 4. The normalized spacial score (nSPS) is 13.4. The molecule has 3 aromatic rings. The number of rotatable bonds is 10. The minimum absolute atomic E-state index is 0.108. The first-order valence-electron chi connectivity index (χ1n) is 13.3. The number of alkyl carbamates (subject to hydrolysis) is 1. The van der Waals surface area contributed by atoms with E-state index in [0.29, 0.717) is 11.3 Å². The second kappa shape index (κ2) is 13.0. The van der Waals surface area contributed by atoms with Gasteiger partial charge in [0.15, 0.2) is 0 Å². The molecule has 2 atom stereocenters. The van der Waals surface area contributed by atoms with E-state index < -0.39 is 36.1 Å². The monoisotopic (exact) mass is 559 g/mol. The summed E-state index contributed by atoms with van der Waals surface area (Å²) < 4.78 is 10.1. The molecule has 41 heavy (non-hydrogen) atoms. The van der Waals surface area contributed by atoms with E-state index in [0.717, 1.165) is 22.3 Å². The van der Waals surface area contributed by atoms with Crippen molar-refractivity contribution in [3.63, 3.8) is 0 Å².